The number of rotatable bonds is 7. The summed E-state index contributed by atoms with van der Waals surface area (Å²) in [6, 6.07) is 26.1. The Morgan fingerprint density at radius 1 is 0.828 bits per heavy atom. The molecule has 29 heavy (non-hydrogen) atoms. The number of hydrogen-bond acceptors (Lipinski definition) is 3. The molecule has 0 fully saturated rings. The zero-order valence-electron chi connectivity index (χ0n) is 15.7. The van der Waals surface area contributed by atoms with Crippen LogP contribution in [0.4, 0.5) is 5.69 Å². The number of ketones is 1. The molecule has 0 atom stereocenters. The van der Waals surface area contributed by atoms with E-state index in [0.717, 1.165) is 16.6 Å². The molecular formula is C24H20N2O3. The maximum absolute atomic E-state index is 12.8. The van der Waals surface area contributed by atoms with Crippen LogP contribution < -0.4 is 10.1 Å². The number of hydrogen-bond donors (Lipinski definition) is 1. The average Bonchev–Trinajstić information content (AvgIpc) is 3.12. The van der Waals surface area contributed by atoms with Crippen LogP contribution in [0.5, 0.6) is 5.75 Å². The summed E-state index contributed by atoms with van der Waals surface area (Å²) in [4.78, 5) is 25.3. The monoisotopic (exact) mass is 384 g/mol. The Kier molecular flexibility index (Phi) is 5.38. The minimum absolute atomic E-state index is 0.0613. The van der Waals surface area contributed by atoms with E-state index in [0.29, 0.717) is 11.3 Å². The van der Waals surface area contributed by atoms with Crippen LogP contribution in [0.15, 0.2) is 91.1 Å². The van der Waals surface area contributed by atoms with Gasteiger partial charge in [0, 0.05) is 28.4 Å². The molecule has 0 bridgehead atoms. The first-order valence-corrected chi connectivity index (χ1v) is 9.34. The van der Waals surface area contributed by atoms with Gasteiger partial charge in [0.2, 0.25) is 11.7 Å². The predicted octanol–water partition coefficient (Wildman–Crippen LogP) is 4.54. The van der Waals surface area contributed by atoms with Gasteiger partial charge in [0.15, 0.2) is 6.61 Å². The number of anilines is 1. The van der Waals surface area contributed by atoms with Crippen molar-refractivity contribution < 1.29 is 14.3 Å². The number of aromatic nitrogens is 1. The Hall–Kier alpha value is -3.86. The Morgan fingerprint density at radius 2 is 1.48 bits per heavy atom. The number of nitrogens with zero attached hydrogens (tertiary/aromatic N) is 1. The highest BCUT2D eigenvalue weighted by atomic mass is 16.5. The van der Waals surface area contributed by atoms with Crippen molar-refractivity contribution in [3.05, 3.63) is 96.7 Å². The molecule has 0 saturated carbocycles. The number of fused-ring (bicyclic) bond motifs is 1. The molecule has 0 aliphatic heterocycles. The lowest BCUT2D eigenvalue weighted by atomic mass is 10.1. The number of amides is 1. The largest absolute Gasteiger partial charge is 0.485 e. The normalized spacial score (nSPS) is 10.6. The van der Waals surface area contributed by atoms with E-state index >= 15 is 0 Å². The van der Waals surface area contributed by atoms with Crippen molar-refractivity contribution in [3.8, 4) is 5.75 Å². The number of nitrogens with one attached hydrogen (secondary N) is 1. The number of carbonyl (C=O) groups is 2. The summed E-state index contributed by atoms with van der Waals surface area (Å²) in [5.74, 6) is 0.357. The van der Waals surface area contributed by atoms with Gasteiger partial charge >= 0.3 is 0 Å². The molecule has 4 rings (SSSR count). The van der Waals surface area contributed by atoms with E-state index in [1.807, 2.05) is 84.9 Å². The number of ether oxygens (including phenoxy) is 1. The van der Waals surface area contributed by atoms with Gasteiger partial charge in [-0.3, -0.25) is 9.59 Å². The molecule has 0 radical (unpaired) electrons. The van der Waals surface area contributed by atoms with E-state index < -0.39 is 0 Å². The second-order valence-corrected chi connectivity index (χ2v) is 6.63. The second-order valence-electron chi connectivity index (χ2n) is 6.63. The summed E-state index contributed by atoms with van der Waals surface area (Å²) in [6.07, 6.45) is 1.73. The topological polar surface area (TPSA) is 60.3 Å². The molecule has 0 aliphatic carbocycles. The summed E-state index contributed by atoms with van der Waals surface area (Å²) in [5, 5.41) is 3.68. The number of para-hydroxylation sites is 3. The summed E-state index contributed by atoms with van der Waals surface area (Å²) in [7, 11) is 0. The third-order valence-corrected chi connectivity index (χ3v) is 4.57. The molecule has 1 N–H and O–H groups in total. The van der Waals surface area contributed by atoms with Gasteiger partial charge in [-0.2, -0.15) is 0 Å². The maximum Gasteiger partial charge on any atom is 0.244 e. The van der Waals surface area contributed by atoms with Crippen molar-refractivity contribution >= 4 is 28.3 Å². The molecule has 4 aromatic rings. The maximum atomic E-state index is 12.8. The Labute approximate surface area is 168 Å². The summed E-state index contributed by atoms with van der Waals surface area (Å²) in [6.45, 7) is 0.0520. The number of benzene rings is 3. The minimum Gasteiger partial charge on any atom is -0.485 e. The molecule has 0 aliphatic rings. The molecule has 1 amide bonds. The van der Waals surface area contributed by atoms with Crippen LogP contribution in [0.3, 0.4) is 0 Å². The first kappa shape index (κ1) is 18.5. The third-order valence-electron chi connectivity index (χ3n) is 4.57. The summed E-state index contributed by atoms with van der Waals surface area (Å²) in [5.41, 5.74) is 2.12. The van der Waals surface area contributed by atoms with Crippen LogP contribution in [0.1, 0.15) is 10.4 Å². The van der Waals surface area contributed by atoms with E-state index in [4.69, 9.17) is 4.74 Å². The van der Waals surface area contributed by atoms with Crippen LogP contribution in [0.25, 0.3) is 10.9 Å². The molecule has 3 aromatic carbocycles. The lowest BCUT2D eigenvalue weighted by Crippen LogP contribution is -2.18. The van der Waals surface area contributed by atoms with Crippen molar-refractivity contribution in [2.45, 2.75) is 6.54 Å². The van der Waals surface area contributed by atoms with Crippen LogP contribution in [-0.4, -0.2) is 22.9 Å². The van der Waals surface area contributed by atoms with Crippen LogP contribution >= 0.6 is 0 Å². The van der Waals surface area contributed by atoms with Gasteiger partial charge in [0.1, 0.15) is 12.3 Å². The van der Waals surface area contributed by atoms with Gasteiger partial charge in [-0.1, -0.05) is 54.6 Å². The highest BCUT2D eigenvalue weighted by Crippen LogP contribution is 2.22. The molecule has 144 valence electrons. The molecule has 0 unspecified atom stereocenters. The lowest BCUT2D eigenvalue weighted by molar-refractivity contribution is -0.116. The molecule has 5 heteroatoms. The van der Waals surface area contributed by atoms with Crippen LogP contribution in [0.2, 0.25) is 0 Å². The molecule has 0 spiro atoms. The van der Waals surface area contributed by atoms with Crippen molar-refractivity contribution in [2.75, 3.05) is 11.9 Å². The minimum atomic E-state index is -0.156. The van der Waals surface area contributed by atoms with Gasteiger partial charge in [-0.05, 0) is 30.3 Å². The molecule has 0 saturated heterocycles. The Morgan fingerprint density at radius 3 is 2.24 bits per heavy atom. The van der Waals surface area contributed by atoms with E-state index in [2.05, 4.69) is 5.32 Å². The standard InChI is InChI=1S/C24H20N2O3/c27-23(17-29-19-11-5-2-6-12-19)21-15-26(22-14-8-7-13-20(21)22)16-24(28)25-18-9-3-1-4-10-18/h1-15H,16-17H2,(H,25,28). The van der Waals surface area contributed by atoms with Crippen molar-refractivity contribution in [1.82, 2.24) is 4.57 Å². The first-order chi connectivity index (χ1) is 14.2. The number of carbonyl (C=O) groups excluding carboxylic acids is 2. The van der Waals surface area contributed by atoms with Crippen LogP contribution in [0, 0.1) is 0 Å². The van der Waals surface area contributed by atoms with Crippen LogP contribution in [-0.2, 0) is 11.3 Å². The summed E-state index contributed by atoms with van der Waals surface area (Å²) >= 11 is 0. The zero-order valence-corrected chi connectivity index (χ0v) is 15.7. The van der Waals surface area contributed by atoms with E-state index in [-0.39, 0.29) is 24.8 Å². The molecule has 1 heterocycles. The molecular weight excluding hydrogens is 364 g/mol. The van der Waals surface area contributed by atoms with Crippen molar-refractivity contribution in [1.29, 1.82) is 0 Å². The second kappa shape index (κ2) is 8.44. The number of Topliss-reactive ketones (excluding diaryl/α,β-unsaturated/α-hetero) is 1. The fourth-order valence-corrected chi connectivity index (χ4v) is 3.22. The zero-order chi connectivity index (χ0) is 20.1. The third kappa shape index (κ3) is 4.35. The highest BCUT2D eigenvalue weighted by molar-refractivity contribution is 6.09. The van der Waals surface area contributed by atoms with Gasteiger partial charge in [0.25, 0.3) is 0 Å². The van der Waals surface area contributed by atoms with Gasteiger partial charge in [-0.25, -0.2) is 0 Å². The smallest absolute Gasteiger partial charge is 0.244 e. The fraction of sp³-hybridized carbons (Fsp3) is 0.0833. The molecule has 5 nitrogen and oxygen atoms in total. The lowest BCUT2D eigenvalue weighted by Gasteiger charge is -2.07. The highest BCUT2D eigenvalue weighted by Gasteiger charge is 2.17. The van der Waals surface area contributed by atoms with E-state index in [1.165, 1.54) is 0 Å². The predicted molar refractivity (Wildman–Crippen MR) is 113 cm³/mol. The SMILES string of the molecule is O=C(Cn1cc(C(=O)COc2ccccc2)c2ccccc21)Nc1ccccc1. The van der Waals surface area contributed by atoms with Gasteiger partial charge in [-0.15, -0.1) is 0 Å². The van der Waals surface area contributed by atoms with Crippen molar-refractivity contribution in [2.24, 2.45) is 0 Å². The Balaban J connectivity index is 1.53. The van der Waals surface area contributed by atoms with E-state index in [1.54, 1.807) is 10.8 Å². The first-order valence-electron chi connectivity index (χ1n) is 9.34. The Bertz CT molecular complexity index is 1130. The fourth-order valence-electron chi connectivity index (χ4n) is 3.22. The quantitative estimate of drug-likeness (QED) is 0.476. The van der Waals surface area contributed by atoms with Crippen molar-refractivity contribution in [3.63, 3.8) is 0 Å². The summed E-state index contributed by atoms with van der Waals surface area (Å²) < 4.78 is 7.40. The molecule has 1 aromatic heterocycles. The van der Waals surface area contributed by atoms with Gasteiger partial charge in [0.05, 0.1) is 0 Å². The van der Waals surface area contributed by atoms with Gasteiger partial charge < -0.3 is 14.6 Å². The average molecular weight is 384 g/mol. The van der Waals surface area contributed by atoms with E-state index in [9.17, 15) is 9.59 Å².